The average Bonchev–Trinajstić information content (AvgIpc) is 2.63. The van der Waals surface area contributed by atoms with Crippen LogP contribution in [0.3, 0.4) is 0 Å². The van der Waals surface area contributed by atoms with Gasteiger partial charge in [-0.15, -0.1) is 0 Å². The van der Waals surface area contributed by atoms with Crippen molar-refractivity contribution in [3.05, 3.63) is 29.7 Å². The average molecular weight is 529 g/mol. The van der Waals surface area contributed by atoms with Crippen molar-refractivity contribution < 1.29 is 14.3 Å². The number of rotatable bonds is 3. The maximum atomic E-state index is 12.3. The lowest BCUT2D eigenvalue weighted by Crippen LogP contribution is -2.34. The summed E-state index contributed by atoms with van der Waals surface area (Å²) in [4.78, 5) is 25.9. The summed E-state index contributed by atoms with van der Waals surface area (Å²) in [5.41, 5.74) is 0.808. The largest absolute Gasteiger partial charge is 0.495 e. The van der Waals surface area contributed by atoms with Crippen LogP contribution in [0.1, 0.15) is 19.4 Å². The minimum absolute atomic E-state index is 0.138. The number of nitrogens with zero attached hydrogens (tertiary/aromatic N) is 1. The molecule has 0 N–H and O–H groups in total. The van der Waals surface area contributed by atoms with Gasteiger partial charge in [0.25, 0.3) is 11.1 Å². The standard InChI is InChI=1S/C14H13I2NO3S/c1-7(2)17-13(18)11(21-14(17)19)5-8-4-9(15)6-10(16)12(8)20-3/h4-7H,1-3H3/b11-5-. The zero-order valence-corrected chi connectivity index (χ0v) is 16.8. The predicted molar refractivity (Wildman–Crippen MR) is 101 cm³/mol. The molecular weight excluding hydrogens is 516 g/mol. The van der Waals surface area contributed by atoms with Crippen LogP contribution in [0.2, 0.25) is 0 Å². The number of methoxy groups -OCH3 is 1. The van der Waals surface area contributed by atoms with Gasteiger partial charge in [0.2, 0.25) is 0 Å². The maximum absolute atomic E-state index is 12.3. The lowest BCUT2D eigenvalue weighted by Gasteiger charge is -2.16. The molecule has 0 aromatic heterocycles. The third-order valence-corrected chi connectivity index (χ3v) is 5.18. The van der Waals surface area contributed by atoms with Crippen LogP contribution in [-0.2, 0) is 4.79 Å². The molecule has 1 aromatic carbocycles. The summed E-state index contributed by atoms with van der Waals surface area (Å²) in [6.07, 6.45) is 1.73. The minimum Gasteiger partial charge on any atom is -0.495 e. The molecule has 0 bridgehead atoms. The van der Waals surface area contributed by atoms with E-state index in [-0.39, 0.29) is 17.2 Å². The molecule has 0 radical (unpaired) electrons. The molecule has 2 amide bonds. The van der Waals surface area contributed by atoms with Crippen LogP contribution in [0, 0.1) is 7.14 Å². The van der Waals surface area contributed by atoms with Gasteiger partial charge in [0, 0.05) is 15.2 Å². The first-order valence-electron chi connectivity index (χ1n) is 6.15. The van der Waals surface area contributed by atoms with Crippen LogP contribution < -0.4 is 4.74 Å². The Labute approximate surface area is 154 Å². The van der Waals surface area contributed by atoms with Gasteiger partial charge in [-0.2, -0.15) is 0 Å². The van der Waals surface area contributed by atoms with Gasteiger partial charge in [-0.1, -0.05) is 0 Å². The first-order chi connectivity index (χ1) is 9.85. The molecule has 0 atom stereocenters. The summed E-state index contributed by atoms with van der Waals surface area (Å²) in [5, 5.41) is -0.222. The van der Waals surface area contributed by atoms with Crippen molar-refractivity contribution in [2.75, 3.05) is 7.11 Å². The van der Waals surface area contributed by atoms with Crippen LogP contribution in [0.15, 0.2) is 17.0 Å². The molecular formula is C14H13I2NO3S. The molecule has 0 unspecified atom stereocenters. The van der Waals surface area contributed by atoms with Crippen molar-refractivity contribution in [3.8, 4) is 5.75 Å². The number of amides is 2. The third-order valence-electron chi connectivity index (χ3n) is 2.87. The maximum Gasteiger partial charge on any atom is 0.293 e. The lowest BCUT2D eigenvalue weighted by atomic mass is 10.2. The van der Waals surface area contributed by atoms with E-state index < -0.39 is 0 Å². The summed E-state index contributed by atoms with van der Waals surface area (Å²) < 4.78 is 7.42. The molecule has 0 saturated carbocycles. The smallest absolute Gasteiger partial charge is 0.293 e. The third kappa shape index (κ3) is 3.55. The highest BCUT2D eigenvalue weighted by Gasteiger charge is 2.36. The summed E-state index contributed by atoms with van der Waals surface area (Å²) in [6, 6.07) is 3.79. The first kappa shape index (κ1) is 17.1. The minimum atomic E-state index is -0.240. The predicted octanol–water partition coefficient (Wildman–Crippen LogP) is 4.35. The number of imide groups is 1. The zero-order valence-electron chi connectivity index (χ0n) is 11.6. The molecule has 0 aliphatic carbocycles. The Kier molecular flexibility index (Phi) is 5.58. The second-order valence-electron chi connectivity index (χ2n) is 4.66. The molecule has 1 aliphatic heterocycles. The van der Waals surface area contributed by atoms with Gasteiger partial charge < -0.3 is 4.74 Å². The molecule has 21 heavy (non-hydrogen) atoms. The van der Waals surface area contributed by atoms with E-state index in [0.717, 1.165) is 24.5 Å². The Balaban J connectivity index is 2.46. The molecule has 0 spiro atoms. The fourth-order valence-corrected chi connectivity index (χ4v) is 5.03. The van der Waals surface area contributed by atoms with Gasteiger partial charge in [0.05, 0.1) is 15.6 Å². The summed E-state index contributed by atoms with van der Waals surface area (Å²) >= 11 is 5.38. The van der Waals surface area contributed by atoms with Crippen LogP contribution in [-0.4, -0.2) is 29.2 Å². The van der Waals surface area contributed by atoms with Crippen LogP contribution in [0.4, 0.5) is 4.79 Å². The molecule has 4 nitrogen and oxygen atoms in total. The van der Waals surface area contributed by atoms with E-state index in [9.17, 15) is 9.59 Å². The fraction of sp³-hybridized carbons (Fsp3) is 0.286. The Morgan fingerprint density at radius 2 is 1.95 bits per heavy atom. The van der Waals surface area contributed by atoms with Gasteiger partial charge in [-0.3, -0.25) is 14.5 Å². The van der Waals surface area contributed by atoms with Crippen LogP contribution in [0.5, 0.6) is 5.75 Å². The van der Waals surface area contributed by atoms with E-state index in [4.69, 9.17) is 4.74 Å². The van der Waals surface area contributed by atoms with E-state index in [0.29, 0.717) is 10.7 Å². The van der Waals surface area contributed by atoms with Crippen LogP contribution in [0.25, 0.3) is 6.08 Å². The van der Waals surface area contributed by atoms with E-state index >= 15 is 0 Å². The first-order valence-corrected chi connectivity index (χ1v) is 9.12. The van der Waals surface area contributed by atoms with E-state index in [1.807, 2.05) is 26.0 Å². The number of ether oxygens (including phenoxy) is 1. The van der Waals surface area contributed by atoms with E-state index in [1.54, 1.807) is 13.2 Å². The molecule has 1 aliphatic rings. The Hall–Kier alpha value is -0.290. The number of halogens is 2. The number of thioether (sulfide) groups is 1. The van der Waals surface area contributed by atoms with Crippen molar-refractivity contribution in [3.63, 3.8) is 0 Å². The quantitative estimate of drug-likeness (QED) is 0.432. The van der Waals surface area contributed by atoms with E-state index in [1.165, 1.54) is 4.90 Å². The SMILES string of the molecule is COc1c(I)cc(I)cc1/C=C1\SC(=O)N(C(C)C)C1=O. The van der Waals surface area contributed by atoms with Gasteiger partial charge in [-0.25, -0.2) is 0 Å². The Morgan fingerprint density at radius 3 is 2.48 bits per heavy atom. The number of carbonyl (C=O) groups is 2. The molecule has 1 heterocycles. The number of hydrogen-bond donors (Lipinski definition) is 0. The molecule has 112 valence electrons. The Morgan fingerprint density at radius 1 is 1.29 bits per heavy atom. The second-order valence-corrected chi connectivity index (χ2v) is 8.06. The lowest BCUT2D eigenvalue weighted by molar-refractivity contribution is -0.123. The number of carbonyl (C=O) groups excluding carboxylic acids is 2. The molecule has 2 rings (SSSR count). The van der Waals surface area contributed by atoms with Crippen molar-refractivity contribution in [1.82, 2.24) is 4.90 Å². The van der Waals surface area contributed by atoms with Crippen LogP contribution >= 0.6 is 56.9 Å². The topological polar surface area (TPSA) is 46.6 Å². The van der Waals surface area contributed by atoms with Crippen molar-refractivity contribution in [2.24, 2.45) is 0 Å². The van der Waals surface area contributed by atoms with Crippen molar-refractivity contribution in [2.45, 2.75) is 19.9 Å². The molecule has 7 heteroatoms. The zero-order chi connectivity index (χ0) is 15.7. The Bertz CT molecular complexity index is 643. The molecule has 1 aromatic rings. The normalized spacial score (nSPS) is 17.2. The number of benzene rings is 1. The van der Waals surface area contributed by atoms with Gasteiger partial charge in [-0.05, 0) is 89.0 Å². The van der Waals surface area contributed by atoms with E-state index in [2.05, 4.69) is 45.2 Å². The van der Waals surface area contributed by atoms with Crippen molar-refractivity contribution in [1.29, 1.82) is 0 Å². The van der Waals surface area contributed by atoms with Gasteiger partial charge in [0.1, 0.15) is 5.75 Å². The van der Waals surface area contributed by atoms with Gasteiger partial charge in [0.15, 0.2) is 0 Å². The molecule has 1 fully saturated rings. The highest BCUT2D eigenvalue weighted by molar-refractivity contribution is 14.1. The highest BCUT2D eigenvalue weighted by Crippen LogP contribution is 2.36. The summed E-state index contributed by atoms with van der Waals surface area (Å²) in [6.45, 7) is 3.66. The monoisotopic (exact) mass is 529 g/mol. The summed E-state index contributed by atoms with van der Waals surface area (Å²) in [5.74, 6) is 0.475. The van der Waals surface area contributed by atoms with Gasteiger partial charge >= 0.3 is 0 Å². The van der Waals surface area contributed by atoms with Crippen molar-refractivity contribution >= 4 is 74.2 Å². The highest BCUT2D eigenvalue weighted by atomic mass is 127. The number of hydrogen-bond acceptors (Lipinski definition) is 4. The molecule has 1 saturated heterocycles. The second kappa shape index (κ2) is 6.86. The fourth-order valence-electron chi connectivity index (χ4n) is 1.97. The summed E-state index contributed by atoms with van der Waals surface area (Å²) in [7, 11) is 1.60.